The Bertz CT molecular complexity index is 625. The van der Waals surface area contributed by atoms with Gasteiger partial charge in [-0.05, 0) is 30.3 Å². The number of nitrogens with one attached hydrogen (secondary N) is 1. The first-order valence-corrected chi connectivity index (χ1v) is 7.58. The first-order valence-electron chi connectivity index (χ1n) is 5.93. The number of benzene rings is 1. The highest BCUT2D eigenvalue weighted by molar-refractivity contribution is 7.91. The highest BCUT2D eigenvalue weighted by Crippen LogP contribution is 2.15. The second-order valence-corrected chi connectivity index (χ2v) is 6.26. The van der Waals surface area contributed by atoms with Gasteiger partial charge in [0.2, 0.25) is 0 Å². The molecular formula is C13H15N3O2S. The summed E-state index contributed by atoms with van der Waals surface area (Å²) in [4.78, 5) is 8.29. The van der Waals surface area contributed by atoms with E-state index in [1.165, 1.54) is 6.33 Å². The molecule has 1 aromatic heterocycles. The van der Waals surface area contributed by atoms with Gasteiger partial charge in [0.15, 0.2) is 9.84 Å². The third-order valence-electron chi connectivity index (χ3n) is 2.71. The molecule has 1 N–H and O–H groups in total. The minimum Gasteiger partial charge on any atom is -0.379 e. The highest BCUT2D eigenvalue weighted by Gasteiger charge is 2.10. The number of anilines is 1. The Kier molecular flexibility index (Phi) is 4.11. The van der Waals surface area contributed by atoms with Crippen molar-refractivity contribution in [2.24, 2.45) is 0 Å². The van der Waals surface area contributed by atoms with E-state index in [2.05, 4.69) is 15.3 Å². The van der Waals surface area contributed by atoms with Crippen LogP contribution in [0.4, 0.5) is 5.69 Å². The molecule has 1 aromatic carbocycles. The Morgan fingerprint density at radius 2 is 1.89 bits per heavy atom. The van der Waals surface area contributed by atoms with Crippen LogP contribution in [0.15, 0.2) is 47.8 Å². The molecule has 2 rings (SSSR count). The van der Waals surface area contributed by atoms with Crippen LogP contribution in [-0.4, -0.2) is 24.1 Å². The van der Waals surface area contributed by atoms with Crippen LogP contribution in [0.2, 0.25) is 0 Å². The number of sulfone groups is 1. The van der Waals surface area contributed by atoms with E-state index >= 15 is 0 Å². The number of nitrogens with zero attached hydrogens (tertiary/aromatic N) is 2. The fourth-order valence-corrected chi connectivity index (χ4v) is 2.45. The molecule has 0 aliphatic carbocycles. The quantitative estimate of drug-likeness (QED) is 0.903. The maximum atomic E-state index is 11.7. The summed E-state index contributed by atoms with van der Waals surface area (Å²) in [5, 5.41) is 3.17. The lowest BCUT2D eigenvalue weighted by Gasteiger charge is -2.07. The van der Waals surface area contributed by atoms with Crippen LogP contribution in [-0.2, 0) is 16.4 Å². The van der Waals surface area contributed by atoms with E-state index in [0.717, 1.165) is 11.4 Å². The Labute approximate surface area is 112 Å². The van der Waals surface area contributed by atoms with Crippen molar-refractivity contribution in [1.82, 2.24) is 9.97 Å². The van der Waals surface area contributed by atoms with Crippen molar-refractivity contribution in [3.05, 3.63) is 48.5 Å². The molecule has 0 radical (unpaired) electrons. The van der Waals surface area contributed by atoms with Crippen molar-refractivity contribution in [3.63, 3.8) is 0 Å². The van der Waals surface area contributed by atoms with E-state index in [-0.39, 0.29) is 5.75 Å². The third-order valence-corrected chi connectivity index (χ3v) is 4.46. The summed E-state index contributed by atoms with van der Waals surface area (Å²) in [7, 11) is -3.13. The maximum Gasteiger partial charge on any atom is 0.178 e. The maximum absolute atomic E-state index is 11.7. The van der Waals surface area contributed by atoms with Crippen molar-refractivity contribution in [3.8, 4) is 0 Å². The van der Waals surface area contributed by atoms with Crippen LogP contribution < -0.4 is 5.32 Å². The van der Waals surface area contributed by atoms with Gasteiger partial charge in [0, 0.05) is 11.9 Å². The fourth-order valence-electron chi connectivity index (χ4n) is 1.56. The molecule has 19 heavy (non-hydrogen) atoms. The van der Waals surface area contributed by atoms with Gasteiger partial charge in [-0.2, -0.15) is 0 Å². The predicted octanol–water partition coefficient (Wildman–Crippen LogP) is 1.88. The van der Waals surface area contributed by atoms with Gasteiger partial charge in [-0.3, -0.25) is 0 Å². The molecule has 5 nitrogen and oxygen atoms in total. The van der Waals surface area contributed by atoms with Gasteiger partial charge in [0.1, 0.15) is 6.33 Å². The summed E-state index contributed by atoms with van der Waals surface area (Å²) in [5.74, 6) is 0.112. The van der Waals surface area contributed by atoms with Crippen LogP contribution in [0.25, 0.3) is 0 Å². The molecule has 0 spiro atoms. The molecule has 0 atom stereocenters. The van der Waals surface area contributed by atoms with Crippen molar-refractivity contribution in [1.29, 1.82) is 0 Å². The summed E-state index contributed by atoms with van der Waals surface area (Å²) < 4.78 is 23.3. The van der Waals surface area contributed by atoms with Gasteiger partial charge in [0.05, 0.1) is 22.9 Å². The molecule has 100 valence electrons. The average Bonchev–Trinajstić information content (AvgIpc) is 2.47. The van der Waals surface area contributed by atoms with E-state index in [9.17, 15) is 8.42 Å². The molecule has 2 aromatic rings. The average molecular weight is 277 g/mol. The topological polar surface area (TPSA) is 72.0 Å². The van der Waals surface area contributed by atoms with Gasteiger partial charge in [-0.15, -0.1) is 0 Å². The number of hydrogen-bond acceptors (Lipinski definition) is 5. The van der Waals surface area contributed by atoms with Crippen LogP contribution in [0.5, 0.6) is 0 Å². The number of rotatable bonds is 5. The molecule has 1 heterocycles. The summed E-state index contributed by atoms with van der Waals surface area (Å²) in [5.41, 5.74) is 1.73. The van der Waals surface area contributed by atoms with E-state index in [4.69, 9.17) is 0 Å². The van der Waals surface area contributed by atoms with Gasteiger partial charge in [-0.1, -0.05) is 6.92 Å². The van der Waals surface area contributed by atoms with Crippen molar-refractivity contribution >= 4 is 15.5 Å². The summed E-state index contributed by atoms with van der Waals surface area (Å²) >= 11 is 0. The van der Waals surface area contributed by atoms with E-state index in [1.54, 1.807) is 37.4 Å². The predicted molar refractivity (Wildman–Crippen MR) is 73.5 cm³/mol. The highest BCUT2D eigenvalue weighted by atomic mass is 32.2. The molecule has 0 aliphatic heterocycles. The standard InChI is InChI=1S/C13H15N3O2S/c1-2-19(17,18)13-5-3-11(4-6-13)15-9-12-7-8-14-10-16-12/h3-8,10,15H,2,9H2,1H3. The smallest absolute Gasteiger partial charge is 0.178 e. The lowest BCUT2D eigenvalue weighted by Crippen LogP contribution is -2.04. The van der Waals surface area contributed by atoms with Gasteiger partial charge < -0.3 is 5.32 Å². The normalized spacial score (nSPS) is 11.2. The minimum absolute atomic E-state index is 0.112. The van der Waals surface area contributed by atoms with Gasteiger partial charge >= 0.3 is 0 Å². The lowest BCUT2D eigenvalue weighted by atomic mass is 10.3. The first kappa shape index (κ1) is 13.5. The SMILES string of the molecule is CCS(=O)(=O)c1ccc(NCc2ccncn2)cc1. The van der Waals surface area contributed by atoms with E-state index in [1.807, 2.05) is 6.07 Å². The zero-order valence-electron chi connectivity index (χ0n) is 10.6. The third kappa shape index (κ3) is 3.51. The Morgan fingerprint density at radius 3 is 2.47 bits per heavy atom. The molecule has 0 unspecified atom stereocenters. The Hall–Kier alpha value is -1.95. The zero-order chi connectivity index (χ0) is 13.7. The zero-order valence-corrected chi connectivity index (χ0v) is 11.4. The molecule has 6 heteroatoms. The summed E-state index contributed by atoms with van der Waals surface area (Å²) in [6, 6.07) is 8.55. The van der Waals surface area contributed by atoms with Gasteiger partial charge in [-0.25, -0.2) is 18.4 Å². The van der Waals surface area contributed by atoms with Crippen LogP contribution in [0.3, 0.4) is 0 Å². The molecule has 0 amide bonds. The number of aromatic nitrogens is 2. The molecule has 0 aliphatic rings. The van der Waals surface area contributed by atoms with E-state index < -0.39 is 9.84 Å². The van der Waals surface area contributed by atoms with Crippen molar-refractivity contribution in [2.45, 2.75) is 18.4 Å². The molecule has 0 saturated carbocycles. The molecular weight excluding hydrogens is 262 g/mol. The summed E-state index contributed by atoms with van der Waals surface area (Å²) in [6.45, 7) is 2.21. The molecule has 0 fully saturated rings. The largest absolute Gasteiger partial charge is 0.379 e. The second kappa shape index (κ2) is 5.79. The Morgan fingerprint density at radius 1 is 1.16 bits per heavy atom. The summed E-state index contributed by atoms with van der Waals surface area (Å²) in [6.07, 6.45) is 3.18. The Balaban J connectivity index is 2.04. The van der Waals surface area contributed by atoms with Crippen molar-refractivity contribution in [2.75, 3.05) is 11.1 Å². The fraction of sp³-hybridized carbons (Fsp3) is 0.231. The van der Waals surface area contributed by atoms with Crippen molar-refractivity contribution < 1.29 is 8.42 Å². The molecule has 0 saturated heterocycles. The monoisotopic (exact) mass is 277 g/mol. The lowest BCUT2D eigenvalue weighted by molar-refractivity contribution is 0.597. The van der Waals surface area contributed by atoms with Gasteiger partial charge in [0.25, 0.3) is 0 Å². The number of hydrogen-bond donors (Lipinski definition) is 1. The first-order chi connectivity index (χ1) is 9.12. The molecule has 0 bridgehead atoms. The van der Waals surface area contributed by atoms with Crippen LogP contribution in [0, 0.1) is 0 Å². The van der Waals surface area contributed by atoms with Crippen LogP contribution >= 0.6 is 0 Å². The minimum atomic E-state index is -3.13. The van der Waals surface area contributed by atoms with E-state index in [0.29, 0.717) is 11.4 Å². The van der Waals surface area contributed by atoms with Crippen LogP contribution in [0.1, 0.15) is 12.6 Å². The second-order valence-electron chi connectivity index (χ2n) is 3.98.